The molecule has 0 aliphatic carbocycles. The molecule has 142 valence electrons. The normalized spacial score (nSPS) is 11.0. The third-order valence-electron chi connectivity index (χ3n) is 3.83. The van der Waals surface area contributed by atoms with E-state index in [9.17, 15) is 14.0 Å². The number of ether oxygens (including phenoxy) is 1. The van der Waals surface area contributed by atoms with E-state index in [4.69, 9.17) is 9.15 Å². The topological polar surface area (TPSA) is 83.4 Å². The van der Waals surface area contributed by atoms with Gasteiger partial charge in [-0.1, -0.05) is 0 Å². The van der Waals surface area contributed by atoms with Crippen LogP contribution in [0.15, 0.2) is 45.9 Å². The van der Waals surface area contributed by atoms with Crippen LogP contribution in [-0.2, 0) is 11.3 Å². The molecular weight excluding hydrogens is 366 g/mol. The number of furan rings is 1. The number of aryl methyl sites for hydroxylation is 1. The molecule has 0 saturated carbocycles. The fraction of sp³-hybridized carbons (Fsp3) is 0.150. The van der Waals surface area contributed by atoms with Gasteiger partial charge in [0.05, 0.1) is 18.4 Å². The Morgan fingerprint density at radius 1 is 1.29 bits per heavy atom. The highest BCUT2D eigenvalue weighted by molar-refractivity contribution is 5.78. The van der Waals surface area contributed by atoms with Crippen molar-refractivity contribution in [1.82, 2.24) is 4.98 Å². The van der Waals surface area contributed by atoms with Gasteiger partial charge in [0.1, 0.15) is 34.8 Å². The van der Waals surface area contributed by atoms with Crippen molar-refractivity contribution >= 4 is 12.0 Å². The third kappa shape index (κ3) is 4.22. The summed E-state index contributed by atoms with van der Waals surface area (Å²) < 4.78 is 37.5. The van der Waals surface area contributed by atoms with E-state index in [0.29, 0.717) is 28.4 Å². The van der Waals surface area contributed by atoms with Gasteiger partial charge in [0.25, 0.3) is 0 Å². The highest BCUT2D eigenvalue weighted by Crippen LogP contribution is 2.25. The van der Waals surface area contributed by atoms with E-state index in [2.05, 4.69) is 21.6 Å². The molecule has 0 unspecified atom stereocenters. The third-order valence-corrected chi connectivity index (χ3v) is 3.83. The van der Waals surface area contributed by atoms with Gasteiger partial charge in [-0.2, -0.15) is 10.4 Å². The number of aromatic nitrogens is 1. The number of rotatable bonds is 6. The van der Waals surface area contributed by atoms with Gasteiger partial charge >= 0.3 is 0 Å². The van der Waals surface area contributed by atoms with Crippen LogP contribution in [0.5, 0.6) is 0 Å². The predicted molar refractivity (Wildman–Crippen MR) is 99.7 cm³/mol. The Balaban J connectivity index is 1.79. The molecule has 0 saturated heterocycles. The van der Waals surface area contributed by atoms with Gasteiger partial charge in [0.2, 0.25) is 0 Å². The van der Waals surface area contributed by atoms with Gasteiger partial charge in [0.15, 0.2) is 5.82 Å². The highest BCUT2D eigenvalue weighted by atomic mass is 19.1. The minimum absolute atomic E-state index is 0.144. The fourth-order valence-electron chi connectivity index (χ4n) is 2.63. The van der Waals surface area contributed by atoms with Crippen LogP contribution in [0, 0.1) is 29.9 Å². The number of nitrogens with one attached hydrogen (secondary N) is 1. The minimum Gasteiger partial charge on any atom is -0.455 e. The molecule has 3 aromatic rings. The number of nitrogens with zero attached hydrogens (tertiary/aromatic N) is 3. The zero-order chi connectivity index (χ0) is 20.1. The van der Waals surface area contributed by atoms with E-state index >= 15 is 0 Å². The zero-order valence-electron chi connectivity index (χ0n) is 15.2. The minimum atomic E-state index is -0.718. The Kier molecular flexibility index (Phi) is 5.77. The second-order valence-corrected chi connectivity index (χ2v) is 5.89. The molecule has 28 heavy (non-hydrogen) atoms. The molecule has 8 heteroatoms. The van der Waals surface area contributed by atoms with Gasteiger partial charge in [0, 0.05) is 24.4 Å². The summed E-state index contributed by atoms with van der Waals surface area (Å²) in [6.45, 7) is 2.07. The van der Waals surface area contributed by atoms with Crippen molar-refractivity contribution in [2.75, 3.05) is 12.5 Å². The van der Waals surface area contributed by atoms with Gasteiger partial charge < -0.3 is 9.15 Å². The highest BCUT2D eigenvalue weighted by Gasteiger charge is 2.12. The maximum atomic E-state index is 13.8. The molecule has 3 rings (SSSR count). The molecule has 2 aromatic heterocycles. The predicted octanol–water partition coefficient (Wildman–Crippen LogP) is 4.39. The first-order valence-corrected chi connectivity index (χ1v) is 8.25. The molecule has 0 aliphatic rings. The van der Waals surface area contributed by atoms with E-state index < -0.39 is 11.6 Å². The number of benzene rings is 1. The van der Waals surface area contributed by atoms with Crippen molar-refractivity contribution in [2.45, 2.75) is 13.5 Å². The Hall–Kier alpha value is -3.57. The molecule has 0 atom stereocenters. The Morgan fingerprint density at radius 2 is 2.11 bits per heavy atom. The van der Waals surface area contributed by atoms with Crippen molar-refractivity contribution in [1.29, 1.82) is 5.26 Å². The van der Waals surface area contributed by atoms with E-state index in [1.165, 1.54) is 12.3 Å². The van der Waals surface area contributed by atoms with E-state index in [0.717, 1.165) is 12.1 Å². The smallest absolute Gasteiger partial charge is 0.164 e. The van der Waals surface area contributed by atoms with Crippen LogP contribution in [0.3, 0.4) is 0 Å². The number of nitriles is 1. The van der Waals surface area contributed by atoms with E-state index in [-0.39, 0.29) is 17.9 Å². The summed E-state index contributed by atoms with van der Waals surface area (Å²) >= 11 is 0. The monoisotopic (exact) mass is 382 g/mol. The van der Waals surface area contributed by atoms with E-state index in [1.807, 2.05) is 0 Å². The standard InChI is InChI=1S/C20H16F2N4O2/c1-12-7-13(11-27-2)17(9-23)20(25-12)26-24-10-15-4-6-19(28-15)16-5-3-14(21)8-18(16)22/h3-8,10H,11H2,1-2H3,(H,25,26)/b24-10-. The quantitative estimate of drug-likeness (QED) is 0.505. The number of hydrogen-bond donors (Lipinski definition) is 1. The second kappa shape index (κ2) is 8.41. The average Bonchev–Trinajstić information content (AvgIpc) is 3.10. The van der Waals surface area contributed by atoms with Crippen molar-refractivity contribution < 1.29 is 17.9 Å². The molecule has 0 aliphatic heterocycles. The molecule has 1 N–H and O–H groups in total. The van der Waals surface area contributed by atoms with Gasteiger partial charge in [-0.05, 0) is 37.3 Å². The number of hydrazone groups is 1. The van der Waals surface area contributed by atoms with Gasteiger partial charge in [-0.25, -0.2) is 13.8 Å². The second-order valence-electron chi connectivity index (χ2n) is 5.89. The van der Waals surface area contributed by atoms with Crippen molar-refractivity contribution in [3.8, 4) is 17.4 Å². The van der Waals surface area contributed by atoms with Gasteiger partial charge in [-0.3, -0.25) is 5.43 Å². The lowest BCUT2D eigenvalue weighted by atomic mass is 10.1. The SMILES string of the molecule is COCc1cc(C)nc(N/N=C\c2ccc(-c3ccc(F)cc3F)o2)c1C#N. The van der Waals surface area contributed by atoms with Crippen LogP contribution in [0.25, 0.3) is 11.3 Å². The molecule has 6 nitrogen and oxygen atoms in total. The first kappa shape index (κ1) is 19.2. The number of halogens is 2. The van der Waals surface area contributed by atoms with Crippen LogP contribution < -0.4 is 5.43 Å². The summed E-state index contributed by atoms with van der Waals surface area (Å²) in [6.07, 6.45) is 1.37. The summed E-state index contributed by atoms with van der Waals surface area (Å²) in [4.78, 5) is 4.27. The number of hydrogen-bond acceptors (Lipinski definition) is 6. The lowest BCUT2D eigenvalue weighted by Gasteiger charge is -2.08. The molecule has 0 bridgehead atoms. The number of pyridine rings is 1. The summed E-state index contributed by atoms with van der Waals surface area (Å²) in [5, 5.41) is 13.4. The number of anilines is 1. The van der Waals surface area contributed by atoms with E-state index in [1.54, 1.807) is 32.2 Å². The first-order valence-electron chi connectivity index (χ1n) is 8.25. The maximum Gasteiger partial charge on any atom is 0.164 e. The molecule has 0 spiro atoms. The lowest BCUT2D eigenvalue weighted by Crippen LogP contribution is -2.03. The first-order chi connectivity index (χ1) is 13.5. The van der Waals surface area contributed by atoms with Gasteiger partial charge in [-0.15, -0.1) is 0 Å². The average molecular weight is 382 g/mol. The maximum absolute atomic E-state index is 13.8. The summed E-state index contributed by atoms with van der Waals surface area (Å²) in [5.41, 5.74) is 4.59. The molecule has 1 aromatic carbocycles. The molecule has 0 amide bonds. The summed E-state index contributed by atoms with van der Waals surface area (Å²) in [6, 6.07) is 10.2. The zero-order valence-corrected chi connectivity index (χ0v) is 15.2. The fourth-order valence-corrected chi connectivity index (χ4v) is 2.63. The Bertz CT molecular complexity index is 1070. The Labute approximate surface area is 160 Å². The molecule has 0 radical (unpaired) electrons. The van der Waals surface area contributed by atoms with Crippen molar-refractivity contribution in [3.05, 3.63) is 70.6 Å². The largest absolute Gasteiger partial charge is 0.455 e. The summed E-state index contributed by atoms with van der Waals surface area (Å²) in [7, 11) is 1.54. The van der Waals surface area contributed by atoms with Crippen LogP contribution >= 0.6 is 0 Å². The molecular formula is C20H16F2N4O2. The summed E-state index contributed by atoms with van der Waals surface area (Å²) in [5.74, 6) is -0.501. The van der Waals surface area contributed by atoms with Crippen LogP contribution in [0.4, 0.5) is 14.6 Å². The molecule has 0 fully saturated rings. The van der Waals surface area contributed by atoms with Crippen LogP contribution in [0.2, 0.25) is 0 Å². The molecule has 2 heterocycles. The van der Waals surface area contributed by atoms with Crippen molar-refractivity contribution in [3.63, 3.8) is 0 Å². The lowest BCUT2D eigenvalue weighted by molar-refractivity contribution is 0.184. The van der Waals surface area contributed by atoms with Crippen LogP contribution in [0.1, 0.15) is 22.6 Å². The number of methoxy groups -OCH3 is 1. The van der Waals surface area contributed by atoms with Crippen LogP contribution in [-0.4, -0.2) is 18.3 Å². The Morgan fingerprint density at radius 3 is 2.82 bits per heavy atom. The van der Waals surface area contributed by atoms with Crippen molar-refractivity contribution in [2.24, 2.45) is 5.10 Å².